The Morgan fingerprint density at radius 1 is 1.36 bits per heavy atom. The monoisotopic (exact) mass is 343 g/mol. The molecule has 132 valence electrons. The summed E-state index contributed by atoms with van der Waals surface area (Å²) in [6, 6.07) is 5.70. The topological polar surface area (TPSA) is 92.3 Å². The molecule has 2 aliphatic heterocycles. The fourth-order valence-electron chi connectivity index (χ4n) is 3.48. The summed E-state index contributed by atoms with van der Waals surface area (Å²) in [5.74, 6) is -0.127. The molecule has 2 saturated heterocycles. The number of amides is 2. The van der Waals surface area contributed by atoms with E-state index in [0.29, 0.717) is 25.3 Å². The number of likely N-dealkylation sites (tertiary alicyclic amines) is 1. The van der Waals surface area contributed by atoms with Gasteiger partial charge >= 0.3 is 0 Å². The molecule has 25 heavy (non-hydrogen) atoms. The van der Waals surface area contributed by atoms with Crippen LogP contribution in [0.1, 0.15) is 23.3 Å². The first kappa shape index (κ1) is 15.9. The van der Waals surface area contributed by atoms with Crippen molar-refractivity contribution in [2.75, 3.05) is 26.2 Å². The van der Waals surface area contributed by atoms with E-state index in [0.717, 1.165) is 24.2 Å². The molecule has 2 aromatic heterocycles. The van der Waals surface area contributed by atoms with Gasteiger partial charge in [-0.2, -0.15) is 5.10 Å². The van der Waals surface area contributed by atoms with Gasteiger partial charge in [-0.05, 0) is 31.0 Å². The summed E-state index contributed by atoms with van der Waals surface area (Å²) in [7, 11) is 1.94. The van der Waals surface area contributed by atoms with E-state index in [-0.39, 0.29) is 24.0 Å². The third-order valence-corrected chi connectivity index (χ3v) is 5.09. The van der Waals surface area contributed by atoms with Gasteiger partial charge in [0.2, 0.25) is 5.91 Å². The van der Waals surface area contributed by atoms with Gasteiger partial charge in [-0.1, -0.05) is 0 Å². The lowest BCUT2D eigenvalue weighted by atomic mass is 9.90. The van der Waals surface area contributed by atoms with Crippen LogP contribution in [0.4, 0.5) is 0 Å². The van der Waals surface area contributed by atoms with Crippen LogP contribution in [0.3, 0.4) is 0 Å². The number of hydrogen-bond acceptors (Lipinski definition) is 4. The standard InChI is InChI=1S/C17H21N5O3/c1-21-6-2-3-14(21)12-9-13(20-19-12)16(24)22-7-4-17(5-8-22)11-18-15(23)10-25-17/h2-3,6,9H,4-5,7-8,10-11H2,1H3,(H,18,23)(H,19,20). The number of aromatic nitrogens is 3. The van der Waals surface area contributed by atoms with Gasteiger partial charge in [0.15, 0.2) is 0 Å². The Morgan fingerprint density at radius 3 is 2.80 bits per heavy atom. The Kier molecular flexibility index (Phi) is 3.84. The molecule has 4 heterocycles. The summed E-state index contributed by atoms with van der Waals surface area (Å²) >= 11 is 0. The number of aromatic amines is 1. The molecule has 2 fully saturated rings. The molecule has 0 unspecified atom stereocenters. The van der Waals surface area contributed by atoms with Gasteiger partial charge in [0, 0.05) is 32.9 Å². The van der Waals surface area contributed by atoms with Crippen LogP contribution >= 0.6 is 0 Å². The molecule has 0 aromatic carbocycles. The Labute approximate surface area is 145 Å². The Morgan fingerprint density at radius 2 is 2.16 bits per heavy atom. The van der Waals surface area contributed by atoms with Gasteiger partial charge in [-0.25, -0.2) is 0 Å². The van der Waals surface area contributed by atoms with Crippen LogP contribution in [0.25, 0.3) is 11.4 Å². The quantitative estimate of drug-likeness (QED) is 0.832. The molecular formula is C17H21N5O3. The zero-order valence-corrected chi connectivity index (χ0v) is 14.1. The van der Waals surface area contributed by atoms with Crippen LogP contribution in [0.15, 0.2) is 24.4 Å². The van der Waals surface area contributed by atoms with Crippen molar-refractivity contribution in [3.05, 3.63) is 30.1 Å². The smallest absolute Gasteiger partial charge is 0.271 e. The molecule has 8 nitrogen and oxygen atoms in total. The second kappa shape index (κ2) is 6.03. The first-order valence-electron chi connectivity index (χ1n) is 8.43. The maximum Gasteiger partial charge on any atom is 0.271 e. The maximum atomic E-state index is 12.7. The number of nitrogens with one attached hydrogen (secondary N) is 2. The molecule has 2 aromatic rings. The molecule has 2 N–H and O–H groups in total. The average molecular weight is 343 g/mol. The highest BCUT2D eigenvalue weighted by atomic mass is 16.5. The molecule has 8 heteroatoms. The molecule has 2 amide bonds. The van der Waals surface area contributed by atoms with Crippen LogP contribution in [-0.4, -0.2) is 63.3 Å². The number of carbonyl (C=O) groups is 2. The summed E-state index contributed by atoms with van der Waals surface area (Å²) in [6.07, 6.45) is 3.38. The number of ether oxygens (including phenoxy) is 1. The van der Waals surface area contributed by atoms with Gasteiger partial charge < -0.3 is 19.5 Å². The van der Waals surface area contributed by atoms with E-state index in [2.05, 4.69) is 15.5 Å². The van der Waals surface area contributed by atoms with Gasteiger partial charge in [-0.3, -0.25) is 14.7 Å². The normalized spacial score (nSPS) is 19.9. The minimum absolute atomic E-state index is 0.0531. The van der Waals surface area contributed by atoms with E-state index in [4.69, 9.17) is 4.74 Å². The van der Waals surface area contributed by atoms with Crippen LogP contribution in [0, 0.1) is 0 Å². The number of H-pyrrole nitrogens is 1. The Bertz CT molecular complexity index is 789. The molecular weight excluding hydrogens is 322 g/mol. The van der Waals surface area contributed by atoms with Crippen LogP contribution in [-0.2, 0) is 16.6 Å². The molecule has 0 aliphatic carbocycles. The molecule has 4 rings (SSSR count). The average Bonchev–Trinajstić information content (AvgIpc) is 3.26. The van der Waals surface area contributed by atoms with Gasteiger partial charge in [0.05, 0.1) is 11.3 Å². The number of hydrogen-bond donors (Lipinski definition) is 2. The number of carbonyl (C=O) groups excluding carboxylic acids is 2. The van der Waals surface area contributed by atoms with Crippen molar-refractivity contribution in [2.45, 2.75) is 18.4 Å². The second-order valence-electron chi connectivity index (χ2n) is 6.71. The third kappa shape index (κ3) is 2.93. The van der Waals surface area contributed by atoms with Gasteiger partial charge in [-0.15, -0.1) is 0 Å². The first-order valence-corrected chi connectivity index (χ1v) is 8.43. The Balaban J connectivity index is 1.42. The van der Waals surface area contributed by atoms with Crippen LogP contribution in [0.2, 0.25) is 0 Å². The number of piperidine rings is 1. The minimum Gasteiger partial charge on any atom is -0.363 e. The SMILES string of the molecule is Cn1cccc1-c1cc(C(=O)N2CCC3(CC2)CNC(=O)CO3)[nH]n1. The molecule has 0 saturated carbocycles. The largest absolute Gasteiger partial charge is 0.363 e. The summed E-state index contributed by atoms with van der Waals surface area (Å²) < 4.78 is 7.71. The summed E-state index contributed by atoms with van der Waals surface area (Å²) in [4.78, 5) is 25.8. The van der Waals surface area contributed by atoms with Crippen molar-refractivity contribution >= 4 is 11.8 Å². The van der Waals surface area contributed by atoms with E-state index in [1.165, 1.54) is 0 Å². The van der Waals surface area contributed by atoms with Crippen molar-refractivity contribution in [1.29, 1.82) is 0 Å². The minimum atomic E-state index is -0.327. The van der Waals surface area contributed by atoms with E-state index >= 15 is 0 Å². The molecule has 0 bridgehead atoms. The predicted molar refractivity (Wildman–Crippen MR) is 89.8 cm³/mol. The maximum absolute atomic E-state index is 12.7. The van der Waals surface area contributed by atoms with Gasteiger partial charge in [0.1, 0.15) is 18.0 Å². The van der Waals surface area contributed by atoms with Crippen molar-refractivity contribution in [3.63, 3.8) is 0 Å². The van der Waals surface area contributed by atoms with E-state index < -0.39 is 0 Å². The molecule has 1 spiro atoms. The zero-order valence-electron chi connectivity index (χ0n) is 14.1. The predicted octanol–water partition coefficient (Wildman–Crippen LogP) is 0.536. The van der Waals surface area contributed by atoms with E-state index in [1.807, 2.05) is 34.8 Å². The number of nitrogens with zero attached hydrogens (tertiary/aromatic N) is 3. The van der Waals surface area contributed by atoms with E-state index in [9.17, 15) is 9.59 Å². The van der Waals surface area contributed by atoms with Gasteiger partial charge in [0.25, 0.3) is 5.91 Å². The van der Waals surface area contributed by atoms with Crippen LogP contribution in [0.5, 0.6) is 0 Å². The summed E-state index contributed by atoms with van der Waals surface area (Å²) in [6.45, 7) is 1.84. The van der Waals surface area contributed by atoms with Crippen molar-refractivity contribution < 1.29 is 14.3 Å². The first-order chi connectivity index (χ1) is 12.1. The van der Waals surface area contributed by atoms with Crippen molar-refractivity contribution in [1.82, 2.24) is 25.0 Å². The molecule has 0 atom stereocenters. The number of aryl methyl sites for hydroxylation is 1. The van der Waals surface area contributed by atoms with Crippen molar-refractivity contribution in [3.8, 4) is 11.4 Å². The fraction of sp³-hybridized carbons (Fsp3) is 0.471. The third-order valence-electron chi connectivity index (χ3n) is 5.09. The summed E-state index contributed by atoms with van der Waals surface area (Å²) in [5.41, 5.74) is 1.87. The van der Waals surface area contributed by atoms with Crippen LogP contribution < -0.4 is 5.32 Å². The molecule has 2 aliphatic rings. The molecule has 0 radical (unpaired) electrons. The lowest BCUT2D eigenvalue weighted by Crippen LogP contribution is -2.58. The second-order valence-corrected chi connectivity index (χ2v) is 6.71. The number of morpholine rings is 1. The highest BCUT2D eigenvalue weighted by molar-refractivity contribution is 5.93. The van der Waals surface area contributed by atoms with E-state index in [1.54, 1.807) is 6.07 Å². The Hall–Kier alpha value is -2.61. The lowest BCUT2D eigenvalue weighted by molar-refractivity contribution is -0.149. The zero-order chi connectivity index (χ0) is 17.4. The highest BCUT2D eigenvalue weighted by Crippen LogP contribution is 2.28. The highest BCUT2D eigenvalue weighted by Gasteiger charge is 2.40. The lowest BCUT2D eigenvalue weighted by Gasteiger charge is -2.43. The summed E-state index contributed by atoms with van der Waals surface area (Å²) in [5, 5.41) is 9.97. The van der Waals surface area contributed by atoms with Crippen molar-refractivity contribution in [2.24, 2.45) is 7.05 Å². The fourth-order valence-corrected chi connectivity index (χ4v) is 3.48. The number of rotatable bonds is 2.